The van der Waals surface area contributed by atoms with E-state index in [0.29, 0.717) is 19.1 Å². The molecule has 6 heteroatoms. The van der Waals surface area contributed by atoms with Crippen LogP contribution in [0.5, 0.6) is 0 Å². The second kappa shape index (κ2) is 10.6. The summed E-state index contributed by atoms with van der Waals surface area (Å²) >= 11 is 0. The Bertz CT molecular complexity index is 919. The fraction of sp³-hybridized carbons (Fsp3) is 0.391. The number of nitrogens with one attached hydrogen (secondary N) is 2. The lowest BCUT2D eigenvalue weighted by Crippen LogP contribution is -2.40. The number of benzene rings is 1. The summed E-state index contributed by atoms with van der Waals surface area (Å²) in [6, 6.07) is 14.4. The molecular formula is C23H31N5O. The van der Waals surface area contributed by atoms with E-state index in [1.165, 1.54) is 11.1 Å². The van der Waals surface area contributed by atoms with Crippen molar-refractivity contribution < 1.29 is 4.74 Å². The number of aliphatic imine (C=N–C) groups is 1. The minimum absolute atomic E-state index is 0.388. The highest BCUT2D eigenvalue weighted by atomic mass is 16.5. The maximum Gasteiger partial charge on any atom is 0.190 e. The minimum Gasteiger partial charge on any atom is -0.376 e. The number of aryl methyl sites for hydroxylation is 1. The molecule has 2 heterocycles. The van der Waals surface area contributed by atoms with Crippen LogP contribution in [0.4, 0.5) is 0 Å². The van der Waals surface area contributed by atoms with Crippen molar-refractivity contribution in [3.8, 4) is 0 Å². The van der Waals surface area contributed by atoms with Gasteiger partial charge in [-0.05, 0) is 30.0 Å². The molecule has 0 spiro atoms. The Morgan fingerprint density at radius 1 is 1.17 bits per heavy atom. The number of imidazole rings is 1. The van der Waals surface area contributed by atoms with Crippen LogP contribution < -0.4 is 10.6 Å². The predicted octanol–water partition coefficient (Wildman–Crippen LogP) is 3.20. The quantitative estimate of drug-likeness (QED) is 0.433. The minimum atomic E-state index is 0.388. The van der Waals surface area contributed by atoms with Crippen LogP contribution in [-0.4, -0.2) is 42.1 Å². The van der Waals surface area contributed by atoms with Gasteiger partial charge in [0.1, 0.15) is 5.65 Å². The first-order chi connectivity index (χ1) is 14.2. The van der Waals surface area contributed by atoms with E-state index >= 15 is 0 Å². The average Bonchev–Trinajstić information content (AvgIpc) is 3.16. The van der Waals surface area contributed by atoms with Gasteiger partial charge in [0.15, 0.2) is 5.96 Å². The van der Waals surface area contributed by atoms with Gasteiger partial charge in [-0.25, -0.2) is 4.98 Å². The number of ether oxygens (including phenoxy) is 1. The molecule has 2 N–H and O–H groups in total. The molecule has 154 valence electrons. The first-order valence-corrected chi connectivity index (χ1v) is 10.1. The van der Waals surface area contributed by atoms with Crippen LogP contribution in [-0.2, 0) is 17.8 Å². The van der Waals surface area contributed by atoms with Crippen LogP contribution >= 0.6 is 0 Å². The van der Waals surface area contributed by atoms with E-state index in [1.54, 1.807) is 7.05 Å². The zero-order valence-corrected chi connectivity index (χ0v) is 17.6. The van der Waals surface area contributed by atoms with Crippen LogP contribution in [0.25, 0.3) is 5.65 Å². The van der Waals surface area contributed by atoms with Crippen molar-refractivity contribution in [2.75, 3.05) is 26.7 Å². The molecule has 0 aliphatic heterocycles. The third-order valence-electron chi connectivity index (χ3n) is 4.76. The van der Waals surface area contributed by atoms with Crippen LogP contribution in [0, 0.1) is 12.8 Å². The third kappa shape index (κ3) is 6.32. The molecule has 6 nitrogen and oxygen atoms in total. The van der Waals surface area contributed by atoms with E-state index in [2.05, 4.69) is 58.3 Å². The van der Waals surface area contributed by atoms with E-state index in [-0.39, 0.29) is 0 Å². The van der Waals surface area contributed by atoms with E-state index < -0.39 is 0 Å². The molecule has 29 heavy (non-hydrogen) atoms. The summed E-state index contributed by atoms with van der Waals surface area (Å²) in [4.78, 5) is 9.02. The second-order valence-electron chi connectivity index (χ2n) is 7.39. The van der Waals surface area contributed by atoms with E-state index in [4.69, 9.17) is 9.72 Å². The molecule has 1 aromatic carbocycles. The summed E-state index contributed by atoms with van der Waals surface area (Å²) in [5.41, 5.74) is 4.49. The highest BCUT2D eigenvalue weighted by Gasteiger charge is 2.06. The molecule has 0 saturated carbocycles. The molecule has 0 amide bonds. The SMILES string of the molecule is CN=C(NCCc1cn2cccc(C)c2n1)NCC(C)COCc1ccccc1. The van der Waals surface area contributed by atoms with Crippen LogP contribution in [0.1, 0.15) is 23.7 Å². The van der Waals surface area contributed by atoms with E-state index in [0.717, 1.165) is 36.8 Å². The lowest BCUT2D eigenvalue weighted by atomic mass is 10.2. The largest absolute Gasteiger partial charge is 0.376 e. The maximum absolute atomic E-state index is 5.81. The number of guanidine groups is 1. The Labute approximate surface area is 173 Å². The second-order valence-corrected chi connectivity index (χ2v) is 7.39. The summed E-state index contributed by atoms with van der Waals surface area (Å²) in [5.74, 6) is 1.19. The van der Waals surface area contributed by atoms with Gasteiger partial charge in [-0.3, -0.25) is 4.99 Å². The van der Waals surface area contributed by atoms with Crippen molar-refractivity contribution in [1.82, 2.24) is 20.0 Å². The summed E-state index contributed by atoms with van der Waals surface area (Å²) < 4.78 is 7.89. The number of rotatable bonds is 9. The molecule has 0 bridgehead atoms. The van der Waals surface area contributed by atoms with Gasteiger partial charge in [-0.1, -0.05) is 43.3 Å². The number of hydrogen-bond donors (Lipinski definition) is 2. The summed E-state index contributed by atoms with van der Waals surface area (Å²) in [5, 5.41) is 6.74. The molecule has 2 aromatic heterocycles. The Morgan fingerprint density at radius 2 is 2.00 bits per heavy atom. The first-order valence-electron chi connectivity index (χ1n) is 10.1. The zero-order valence-electron chi connectivity index (χ0n) is 17.6. The fourth-order valence-electron chi connectivity index (χ4n) is 3.14. The van der Waals surface area contributed by atoms with Gasteiger partial charge >= 0.3 is 0 Å². The standard InChI is InChI=1S/C23H31N5O/c1-18(16-29-17-20-9-5-4-6-10-20)14-26-23(24-3)25-12-11-21-15-28-13-7-8-19(2)22(28)27-21/h4-10,13,15,18H,11-12,14,16-17H2,1-3H3,(H2,24,25,26). The molecule has 0 saturated heterocycles. The summed E-state index contributed by atoms with van der Waals surface area (Å²) in [6.45, 7) is 7.20. The summed E-state index contributed by atoms with van der Waals surface area (Å²) in [6.07, 6.45) is 4.97. The van der Waals surface area contributed by atoms with Gasteiger partial charge in [0, 0.05) is 39.0 Å². The maximum atomic E-state index is 5.81. The lowest BCUT2D eigenvalue weighted by molar-refractivity contribution is 0.0931. The first kappa shape index (κ1) is 20.9. The number of fused-ring (bicyclic) bond motifs is 1. The Balaban J connectivity index is 1.36. The van der Waals surface area contributed by atoms with Gasteiger partial charge in [0.2, 0.25) is 0 Å². The highest BCUT2D eigenvalue weighted by molar-refractivity contribution is 5.79. The smallest absolute Gasteiger partial charge is 0.190 e. The molecular weight excluding hydrogens is 362 g/mol. The Kier molecular flexibility index (Phi) is 7.64. The van der Waals surface area contributed by atoms with Gasteiger partial charge in [0.05, 0.1) is 18.9 Å². The van der Waals surface area contributed by atoms with Crippen LogP contribution in [0.3, 0.4) is 0 Å². The molecule has 0 aliphatic carbocycles. The van der Waals surface area contributed by atoms with Crippen molar-refractivity contribution in [3.05, 3.63) is 71.7 Å². The molecule has 0 fully saturated rings. The molecule has 0 radical (unpaired) electrons. The van der Waals surface area contributed by atoms with Gasteiger partial charge in [-0.15, -0.1) is 0 Å². The van der Waals surface area contributed by atoms with E-state index in [9.17, 15) is 0 Å². The Hall–Kier alpha value is -2.86. The molecule has 1 atom stereocenters. The molecule has 3 rings (SSSR count). The topological polar surface area (TPSA) is 63.0 Å². The summed E-state index contributed by atoms with van der Waals surface area (Å²) in [7, 11) is 1.79. The number of nitrogens with zero attached hydrogens (tertiary/aromatic N) is 3. The van der Waals surface area contributed by atoms with Crippen LogP contribution in [0.15, 0.2) is 59.9 Å². The van der Waals surface area contributed by atoms with Crippen LogP contribution in [0.2, 0.25) is 0 Å². The zero-order chi connectivity index (χ0) is 20.5. The molecule has 0 aliphatic rings. The van der Waals surface area contributed by atoms with Crippen molar-refractivity contribution in [2.45, 2.75) is 26.9 Å². The van der Waals surface area contributed by atoms with Gasteiger partial charge in [-0.2, -0.15) is 0 Å². The monoisotopic (exact) mass is 393 g/mol. The number of pyridine rings is 1. The van der Waals surface area contributed by atoms with Crippen molar-refractivity contribution >= 4 is 11.6 Å². The lowest BCUT2D eigenvalue weighted by Gasteiger charge is -2.16. The Morgan fingerprint density at radius 3 is 2.76 bits per heavy atom. The average molecular weight is 394 g/mol. The number of aromatic nitrogens is 2. The normalized spacial score (nSPS) is 12.9. The van der Waals surface area contributed by atoms with Crippen molar-refractivity contribution in [2.24, 2.45) is 10.9 Å². The van der Waals surface area contributed by atoms with Gasteiger partial charge in [0.25, 0.3) is 0 Å². The fourth-order valence-corrected chi connectivity index (χ4v) is 3.14. The van der Waals surface area contributed by atoms with Crippen molar-refractivity contribution in [1.29, 1.82) is 0 Å². The number of hydrogen-bond acceptors (Lipinski definition) is 3. The predicted molar refractivity (Wildman–Crippen MR) is 118 cm³/mol. The van der Waals surface area contributed by atoms with E-state index in [1.807, 2.05) is 30.5 Å². The highest BCUT2D eigenvalue weighted by Crippen LogP contribution is 2.10. The van der Waals surface area contributed by atoms with Gasteiger partial charge < -0.3 is 19.8 Å². The van der Waals surface area contributed by atoms with Crippen molar-refractivity contribution in [3.63, 3.8) is 0 Å². The molecule has 3 aromatic rings. The third-order valence-corrected chi connectivity index (χ3v) is 4.76. The molecule has 1 unspecified atom stereocenters.